The van der Waals surface area contributed by atoms with Crippen LogP contribution >= 0.6 is 0 Å². The Kier molecular flexibility index (Phi) is 2.47. The molecule has 0 bridgehead atoms. The van der Waals surface area contributed by atoms with Gasteiger partial charge in [-0.2, -0.15) is 4.59 Å². The van der Waals surface area contributed by atoms with E-state index in [-0.39, 0.29) is 0 Å². The number of hydrogen-bond donors (Lipinski definition) is 1. The fourth-order valence-electron chi connectivity index (χ4n) is 2.10. The van der Waals surface area contributed by atoms with E-state index in [0.29, 0.717) is 6.04 Å². The van der Waals surface area contributed by atoms with Gasteiger partial charge in [-0.1, -0.05) is 5.10 Å². The van der Waals surface area contributed by atoms with Crippen LogP contribution in [0.3, 0.4) is 0 Å². The smallest absolute Gasteiger partial charge is 0.130 e. The van der Waals surface area contributed by atoms with Gasteiger partial charge >= 0.3 is 0 Å². The molecule has 0 aromatic heterocycles. The Labute approximate surface area is 79.7 Å². The van der Waals surface area contributed by atoms with Crippen LogP contribution in [0.1, 0.15) is 19.3 Å². The molecule has 0 spiro atoms. The quantitative estimate of drug-likeness (QED) is 0.600. The highest BCUT2D eigenvalue weighted by Gasteiger charge is 2.32. The highest BCUT2D eigenvalue weighted by molar-refractivity contribution is 5.71. The Bertz CT molecular complexity index is 212. The molecule has 1 saturated heterocycles. The average molecular weight is 180 g/mol. The van der Waals surface area contributed by atoms with Crippen molar-refractivity contribution in [2.24, 2.45) is 5.10 Å². The van der Waals surface area contributed by atoms with Gasteiger partial charge in [0, 0.05) is 12.5 Å². The molecular formula is C10H18N3+. The molecule has 3 nitrogen and oxygen atoms in total. The van der Waals surface area contributed by atoms with Crippen molar-refractivity contribution in [1.29, 1.82) is 0 Å². The van der Waals surface area contributed by atoms with Gasteiger partial charge < -0.3 is 5.32 Å². The Hall–Kier alpha value is -0.670. The van der Waals surface area contributed by atoms with Gasteiger partial charge in [-0.25, -0.2) is 0 Å². The lowest BCUT2D eigenvalue weighted by atomic mass is 10.1. The van der Waals surface area contributed by atoms with Crippen LogP contribution in [0.4, 0.5) is 0 Å². The monoisotopic (exact) mass is 180 g/mol. The molecule has 2 heterocycles. The van der Waals surface area contributed by atoms with Crippen molar-refractivity contribution in [3.63, 3.8) is 0 Å². The molecule has 0 aromatic rings. The molecule has 2 atom stereocenters. The molecule has 0 radical (unpaired) electrons. The van der Waals surface area contributed by atoms with E-state index in [0.717, 1.165) is 11.1 Å². The Morgan fingerprint density at radius 1 is 1.46 bits per heavy atom. The third-order valence-electron chi connectivity index (χ3n) is 3.05. The largest absolute Gasteiger partial charge is 0.311 e. The first-order valence-corrected chi connectivity index (χ1v) is 5.11. The zero-order valence-electron chi connectivity index (χ0n) is 8.24. The first kappa shape index (κ1) is 8.91. The van der Waals surface area contributed by atoms with Gasteiger partial charge in [0.2, 0.25) is 0 Å². The second kappa shape index (κ2) is 3.60. The summed E-state index contributed by atoms with van der Waals surface area (Å²) in [6, 6.07) is 0.623. The Morgan fingerprint density at radius 3 is 3.15 bits per heavy atom. The van der Waals surface area contributed by atoms with E-state index in [2.05, 4.69) is 23.7 Å². The maximum Gasteiger partial charge on any atom is 0.130 e. The minimum Gasteiger partial charge on any atom is -0.311 e. The van der Waals surface area contributed by atoms with Crippen LogP contribution in [0.25, 0.3) is 0 Å². The summed E-state index contributed by atoms with van der Waals surface area (Å²) in [6.07, 6.45) is 10.1. The van der Waals surface area contributed by atoms with Crippen molar-refractivity contribution in [3.05, 3.63) is 12.3 Å². The maximum atomic E-state index is 4.49. The van der Waals surface area contributed by atoms with Gasteiger partial charge in [0.15, 0.2) is 0 Å². The van der Waals surface area contributed by atoms with E-state index in [1.807, 2.05) is 12.3 Å². The zero-order chi connectivity index (χ0) is 9.15. The van der Waals surface area contributed by atoms with Gasteiger partial charge in [0.1, 0.15) is 12.2 Å². The molecule has 72 valence electrons. The summed E-state index contributed by atoms with van der Waals surface area (Å²) in [6.45, 7) is 2.27. The first-order valence-electron chi connectivity index (χ1n) is 5.11. The Morgan fingerprint density at radius 2 is 2.38 bits per heavy atom. The molecule has 0 amide bonds. The molecule has 2 aliphatic heterocycles. The highest BCUT2D eigenvalue weighted by atomic mass is 15.6. The van der Waals surface area contributed by atoms with Crippen molar-refractivity contribution in [3.8, 4) is 0 Å². The molecule has 2 aliphatic rings. The van der Waals surface area contributed by atoms with E-state index in [1.54, 1.807) is 0 Å². The Balaban J connectivity index is 2.05. The normalized spacial score (nSPS) is 39.3. The van der Waals surface area contributed by atoms with Crippen molar-refractivity contribution < 1.29 is 4.59 Å². The second-order valence-electron chi connectivity index (χ2n) is 4.06. The van der Waals surface area contributed by atoms with Crippen molar-refractivity contribution in [1.82, 2.24) is 5.32 Å². The zero-order valence-corrected chi connectivity index (χ0v) is 8.24. The molecule has 1 fully saturated rings. The minimum absolute atomic E-state index is 0.623. The lowest BCUT2D eigenvalue weighted by Gasteiger charge is -2.29. The lowest BCUT2D eigenvalue weighted by Crippen LogP contribution is -2.46. The summed E-state index contributed by atoms with van der Waals surface area (Å²) in [4.78, 5) is 0. The topological polar surface area (TPSA) is 24.4 Å². The van der Waals surface area contributed by atoms with Gasteiger partial charge in [-0.05, 0) is 19.4 Å². The summed E-state index contributed by atoms with van der Waals surface area (Å²) < 4.78 is 0.743. The molecule has 3 heteroatoms. The van der Waals surface area contributed by atoms with E-state index < -0.39 is 0 Å². The minimum atomic E-state index is 0.623. The summed E-state index contributed by atoms with van der Waals surface area (Å²) in [5.41, 5.74) is 0. The summed E-state index contributed by atoms with van der Waals surface area (Å²) >= 11 is 0. The number of quaternary nitrogens is 1. The molecule has 2 rings (SSSR count). The molecule has 1 N–H and O–H groups in total. The number of likely N-dealkylation sites (N-methyl/N-ethyl adjacent to an activating group) is 1. The predicted molar refractivity (Wildman–Crippen MR) is 54.3 cm³/mol. The van der Waals surface area contributed by atoms with E-state index in [4.69, 9.17) is 0 Å². The molecule has 13 heavy (non-hydrogen) atoms. The lowest BCUT2D eigenvalue weighted by molar-refractivity contribution is -0.888. The third kappa shape index (κ3) is 1.81. The molecule has 0 saturated carbocycles. The third-order valence-corrected chi connectivity index (χ3v) is 3.05. The van der Waals surface area contributed by atoms with Crippen LogP contribution in [0.2, 0.25) is 0 Å². The predicted octanol–water partition coefficient (Wildman–Crippen LogP) is 1.09. The van der Waals surface area contributed by atoms with Crippen molar-refractivity contribution in [2.45, 2.75) is 25.3 Å². The van der Waals surface area contributed by atoms with E-state index >= 15 is 0 Å². The summed E-state index contributed by atoms with van der Waals surface area (Å²) in [5, 5.41) is 7.97. The van der Waals surface area contributed by atoms with Crippen LogP contribution in [-0.4, -0.2) is 37.0 Å². The van der Waals surface area contributed by atoms with Gasteiger partial charge in [0.25, 0.3) is 0 Å². The number of nitrogens with zero attached hydrogens (tertiary/aromatic N) is 2. The summed E-state index contributed by atoms with van der Waals surface area (Å²) in [7, 11) is 2.18. The summed E-state index contributed by atoms with van der Waals surface area (Å²) in [5.74, 6) is 0. The van der Waals surface area contributed by atoms with Crippen LogP contribution in [0, 0.1) is 0 Å². The van der Waals surface area contributed by atoms with E-state index in [1.165, 1.54) is 25.8 Å². The van der Waals surface area contributed by atoms with Crippen LogP contribution in [0.15, 0.2) is 17.4 Å². The van der Waals surface area contributed by atoms with Gasteiger partial charge in [-0.3, -0.25) is 0 Å². The number of rotatable bonds is 1. The number of allylic oxidation sites excluding steroid dienone is 1. The van der Waals surface area contributed by atoms with Crippen LogP contribution < -0.4 is 5.32 Å². The van der Waals surface area contributed by atoms with Crippen molar-refractivity contribution >= 4 is 6.21 Å². The van der Waals surface area contributed by atoms with Crippen LogP contribution in [0.5, 0.6) is 0 Å². The highest BCUT2D eigenvalue weighted by Crippen LogP contribution is 2.21. The maximum absolute atomic E-state index is 4.49. The number of hydrogen-bond acceptors (Lipinski definition) is 2. The SMILES string of the molecule is C[N+]1(C2CCCCNC2)C=CC=N1. The number of nitrogens with one attached hydrogen (secondary N) is 1. The van der Waals surface area contributed by atoms with Gasteiger partial charge in [-0.15, -0.1) is 0 Å². The first-order chi connectivity index (χ1) is 6.31. The molecule has 0 aromatic carbocycles. The fourth-order valence-corrected chi connectivity index (χ4v) is 2.10. The van der Waals surface area contributed by atoms with Gasteiger partial charge in [0.05, 0.1) is 19.8 Å². The molecule has 2 unspecified atom stereocenters. The fraction of sp³-hybridized carbons (Fsp3) is 0.700. The van der Waals surface area contributed by atoms with Crippen LogP contribution in [-0.2, 0) is 0 Å². The second-order valence-corrected chi connectivity index (χ2v) is 4.06. The average Bonchev–Trinajstić information content (AvgIpc) is 2.44. The van der Waals surface area contributed by atoms with E-state index in [9.17, 15) is 0 Å². The molecule has 0 aliphatic carbocycles. The van der Waals surface area contributed by atoms with Crippen molar-refractivity contribution in [2.75, 3.05) is 20.1 Å². The standard InChI is InChI=1S/C10H18N3/c1-13(8-4-7-12-13)10-5-2-3-6-11-9-10/h4,7-8,10-11H,2-3,5-6,9H2,1H3/q+1. The molecular weight excluding hydrogens is 162 g/mol.